The summed E-state index contributed by atoms with van der Waals surface area (Å²) in [6, 6.07) is 18.1. The molecule has 6 heteroatoms. The molecule has 2 aromatic heterocycles. The van der Waals surface area contributed by atoms with Crippen molar-refractivity contribution in [3.8, 4) is 0 Å². The summed E-state index contributed by atoms with van der Waals surface area (Å²) in [5, 5.41) is 10.5. The van der Waals surface area contributed by atoms with Gasteiger partial charge in [0.2, 0.25) is 5.78 Å². The van der Waals surface area contributed by atoms with Gasteiger partial charge in [0, 0.05) is 12.3 Å². The summed E-state index contributed by atoms with van der Waals surface area (Å²) in [5.41, 5.74) is 2.15. The van der Waals surface area contributed by atoms with E-state index in [1.165, 1.54) is 5.56 Å². The van der Waals surface area contributed by atoms with Crippen molar-refractivity contribution in [1.29, 1.82) is 0 Å². The Bertz CT molecular complexity index is 1120. The predicted octanol–water partition coefficient (Wildman–Crippen LogP) is 3.69. The molecule has 0 fully saturated rings. The zero-order chi connectivity index (χ0) is 18.1. The lowest BCUT2D eigenvalue weighted by atomic mass is 10.1. The van der Waals surface area contributed by atoms with Crippen molar-refractivity contribution in [3.05, 3.63) is 70.5 Å². The van der Waals surface area contributed by atoms with Gasteiger partial charge in [0.15, 0.2) is 5.16 Å². The molecule has 4 aromatic rings. The number of benzene rings is 2. The lowest BCUT2D eigenvalue weighted by Crippen LogP contribution is -2.20. The second-order valence-electron chi connectivity index (χ2n) is 6.45. The first-order valence-electron chi connectivity index (χ1n) is 8.68. The predicted molar refractivity (Wildman–Crippen MR) is 106 cm³/mol. The van der Waals surface area contributed by atoms with E-state index in [1.807, 2.05) is 34.7 Å². The minimum Gasteiger partial charge on any atom is -0.279 e. The summed E-state index contributed by atoms with van der Waals surface area (Å²) in [6.45, 7) is 2.21. The Labute approximate surface area is 155 Å². The second kappa shape index (κ2) is 6.96. The Morgan fingerprint density at radius 2 is 1.77 bits per heavy atom. The van der Waals surface area contributed by atoms with Crippen molar-refractivity contribution < 1.29 is 0 Å². The van der Waals surface area contributed by atoms with E-state index >= 15 is 0 Å². The van der Waals surface area contributed by atoms with E-state index in [-0.39, 0.29) is 5.56 Å². The molecule has 0 saturated carbocycles. The number of rotatable bonds is 5. The molecule has 0 spiro atoms. The molecule has 0 aliphatic heterocycles. The van der Waals surface area contributed by atoms with Crippen LogP contribution in [0.4, 0.5) is 0 Å². The molecule has 4 rings (SSSR count). The Balaban J connectivity index is 1.66. The van der Waals surface area contributed by atoms with Crippen molar-refractivity contribution in [1.82, 2.24) is 19.2 Å². The third kappa shape index (κ3) is 3.01. The second-order valence-corrected chi connectivity index (χ2v) is 7.86. The highest BCUT2D eigenvalue weighted by Crippen LogP contribution is 2.27. The van der Waals surface area contributed by atoms with Gasteiger partial charge in [-0.2, -0.15) is 0 Å². The number of fused-ring (bicyclic) bond motifs is 3. The van der Waals surface area contributed by atoms with Gasteiger partial charge in [0.25, 0.3) is 5.56 Å². The lowest BCUT2D eigenvalue weighted by Gasteiger charge is -2.11. The molecule has 2 aromatic carbocycles. The Kier molecular flexibility index (Phi) is 4.51. The van der Waals surface area contributed by atoms with Gasteiger partial charge in [-0.3, -0.25) is 13.8 Å². The highest BCUT2D eigenvalue weighted by Gasteiger charge is 2.16. The van der Waals surface area contributed by atoms with Gasteiger partial charge >= 0.3 is 0 Å². The number of nitrogens with zero attached hydrogens (tertiary/aromatic N) is 4. The van der Waals surface area contributed by atoms with Gasteiger partial charge in [-0.25, -0.2) is 0 Å². The number of hydrogen-bond donors (Lipinski definition) is 0. The molecule has 0 amide bonds. The van der Waals surface area contributed by atoms with E-state index in [9.17, 15) is 4.79 Å². The molecule has 2 heterocycles. The van der Waals surface area contributed by atoms with Crippen LogP contribution >= 0.6 is 11.8 Å². The number of aryl methyl sites for hydroxylation is 2. The molecule has 132 valence electrons. The molecule has 0 saturated heterocycles. The van der Waals surface area contributed by atoms with Crippen LogP contribution in [0.1, 0.15) is 18.9 Å². The summed E-state index contributed by atoms with van der Waals surface area (Å²) in [7, 11) is 1.74. The summed E-state index contributed by atoms with van der Waals surface area (Å²) < 4.78 is 3.55. The van der Waals surface area contributed by atoms with Crippen LogP contribution in [-0.4, -0.2) is 24.4 Å². The first-order valence-corrected chi connectivity index (χ1v) is 9.56. The van der Waals surface area contributed by atoms with E-state index in [0.29, 0.717) is 16.4 Å². The quantitative estimate of drug-likeness (QED) is 0.507. The van der Waals surface area contributed by atoms with Gasteiger partial charge in [-0.1, -0.05) is 61.2 Å². The van der Waals surface area contributed by atoms with Crippen molar-refractivity contribution in [2.45, 2.75) is 30.2 Å². The normalized spacial score (nSPS) is 12.7. The Morgan fingerprint density at radius 1 is 1.04 bits per heavy atom. The monoisotopic (exact) mass is 364 g/mol. The van der Waals surface area contributed by atoms with E-state index in [4.69, 9.17) is 0 Å². The summed E-state index contributed by atoms with van der Waals surface area (Å²) >= 11 is 1.70. The van der Waals surface area contributed by atoms with Gasteiger partial charge in [-0.15, -0.1) is 10.2 Å². The fourth-order valence-electron chi connectivity index (χ4n) is 3.14. The zero-order valence-electron chi connectivity index (χ0n) is 14.8. The van der Waals surface area contributed by atoms with Crippen molar-refractivity contribution in [3.63, 3.8) is 0 Å². The van der Waals surface area contributed by atoms with E-state index in [2.05, 4.69) is 41.4 Å². The van der Waals surface area contributed by atoms with E-state index < -0.39 is 0 Å². The van der Waals surface area contributed by atoms with Crippen LogP contribution in [0.3, 0.4) is 0 Å². The van der Waals surface area contributed by atoms with Gasteiger partial charge in [0.05, 0.1) is 10.9 Å². The fraction of sp³-hybridized carbons (Fsp3) is 0.250. The summed E-state index contributed by atoms with van der Waals surface area (Å²) in [6.07, 6.45) is 2.08. The first kappa shape index (κ1) is 16.8. The van der Waals surface area contributed by atoms with E-state index in [0.717, 1.165) is 23.5 Å². The number of aromatic nitrogens is 4. The average Bonchev–Trinajstić information content (AvgIpc) is 3.09. The molecule has 1 unspecified atom stereocenters. The largest absolute Gasteiger partial charge is 0.279 e. The first-order chi connectivity index (χ1) is 12.6. The van der Waals surface area contributed by atoms with Crippen molar-refractivity contribution in [2.75, 3.05) is 0 Å². The number of thioether (sulfide) groups is 1. The van der Waals surface area contributed by atoms with Crippen LogP contribution in [0.5, 0.6) is 0 Å². The smallest absolute Gasteiger partial charge is 0.262 e. The number of para-hydroxylation sites is 1. The third-order valence-electron chi connectivity index (χ3n) is 4.59. The lowest BCUT2D eigenvalue weighted by molar-refractivity contribution is 0.802. The molecule has 0 radical (unpaired) electrons. The topological polar surface area (TPSA) is 52.2 Å². The SMILES string of the molecule is CC(CCc1ccccc1)Sc1nnc2n(C)c(=O)c3ccccc3n12. The maximum Gasteiger partial charge on any atom is 0.262 e. The minimum atomic E-state index is -0.0471. The van der Waals surface area contributed by atoms with Crippen LogP contribution in [0.2, 0.25) is 0 Å². The van der Waals surface area contributed by atoms with Crippen LogP contribution in [0.25, 0.3) is 16.7 Å². The highest BCUT2D eigenvalue weighted by atomic mass is 32.2. The summed E-state index contributed by atoms with van der Waals surface area (Å²) in [5.74, 6) is 0.575. The van der Waals surface area contributed by atoms with Gasteiger partial charge in [-0.05, 0) is 30.5 Å². The fourth-order valence-corrected chi connectivity index (χ4v) is 4.11. The summed E-state index contributed by atoms with van der Waals surface area (Å²) in [4.78, 5) is 12.5. The van der Waals surface area contributed by atoms with Crippen LogP contribution < -0.4 is 5.56 Å². The zero-order valence-corrected chi connectivity index (χ0v) is 15.6. The van der Waals surface area contributed by atoms with Crippen molar-refractivity contribution >= 4 is 28.4 Å². The molecule has 0 bridgehead atoms. The molecule has 5 nitrogen and oxygen atoms in total. The molecule has 1 atom stereocenters. The molecule has 0 N–H and O–H groups in total. The molecule has 26 heavy (non-hydrogen) atoms. The minimum absolute atomic E-state index is 0.0471. The Morgan fingerprint density at radius 3 is 2.58 bits per heavy atom. The van der Waals surface area contributed by atoms with E-state index in [1.54, 1.807) is 23.4 Å². The molecule has 0 aliphatic rings. The highest BCUT2D eigenvalue weighted by molar-refractivity contribution is 7.99. The molecular formula is C20H20N4OS. The number of hydrogen-bond acceptors (Lipinski definition) is 4. The molecule has 0 aliphatic carbocycles. The Hall–Kier alpha value is -2.60. The van der Waals surface area contributed by atoms with Crippen LogP contribution in [0.15, 0.2) is 64.5 Å². The van der Waals surface area contributed by atoms with Crippen LogP contribution in [0, 0.1) is 0 Å². The van der Waals surface area contributed by atoms with Crippen LogP contribution in [-0.2, 0) is 13.5 Å². The van der Waals surface area contributed by atoms with Gasteiger partial charge < -0.3 is 0 Å². The standard InChI is InChI=1S/C20H20N4OS/c1-14(12-13-15-8-4-3-5-9-15)26-20-22-21-19-23(2)18(25)16-10-6-7-11-17(16)24(19)20/h3-11,14H,12-13H2,1-2H3. The maximum atomic E-state index is 12.5. The third-order valence-corrected chi connectivity index (χ3v) is 5.70. The average molecular weight is 364 g/mol. The molecular weight excluding hydrogens is 344 g/mol. The van der Waals surface area contributed by atoms with Crippen molar-refractivity contribution in [2.24, 2.45) is 7.05 Å². The maximum absolute atomic E-state index is 12.5. The van der Waals surface area contributed by atoms with Gasteiger partial charge in [0.1, 0.15) is 0 Å².